The minimum absolute atomic E-state index is 0.216. The van der Waals surface area contributed by atoms with Crippen LogP contribution in [0.3, 0.4) is 0 Å². The fraction of sp³-hybridized carbons (Fsp3) is 0.353. The molecule has 0 saturated heterocycles. The highest BCUT2D eigenvalue weighted by molar-refractivity contribution is 5.76. The molecule has 1 aromatic carbocycles. The second kappa shape index (κ2) is 6.04. The molecule has 0 unspecified atom stereocenters. The fourth-order valence-electron chi connectivity index (χ4n) is 2.84. The van der Waals surface area contributed by atoms with E-state index in [0.29, 0.717) is 6.42 Å². The van der Waals surface area contributed by atoms with E-state index in [4.69, 9.17) is 4.74 Å². The van der Waals surface area contributed by atoms with Gasteiger partial charge in [-0.3, -0.25) is 4.79 Å². The Morgan fingerprint density at radius 2 is 2.05 bits per heavy atom. The molecule has 0 spiro atoms. The van der Waals surface area contributed by atoms with E-state index in [-0.39, 0.29) is 5.91 Å². The minimum Gasteiger partial charge on any atom is -0.496 e. The van der Waals surface area contributed by atoms with Gasteiger partial charge in [-0.1, -0.05) is 18.2 Å². The van der Waals surface area contributed by atoms with Gasteiger partial charge in [0.2, 0.25) is 5.91 Å². The van der Waals surface area contributed by atoms with Gasteiger partial charge in [0.1, 0.15) is 5.75 Å². The summed E-state index contributed by atoms with van der Waals surface area (Å²) < 4.78 is 7.54. The molecule has 1 aliphatic rings. The van der Waals surface area contributed by atoms with Crippen molar-refractivity contribution in [1.29, 1.82) is 0 Å². The summed E-state index contributed by atoms with van der Waals surface area (Å²) in [5, 5.41) is 0. The van der Waals surface area contributed by atoms with Crippen LogP contribution in [0.2, 0.25) is 0 Å². The van der Waals surface area contributed by atoms with Crippen molar-refractivity contribution in [2.45, 2.75) is 25.9 Å². The van der Waals surface area contributed by atoms with Gasteiger partial charge in [-0.2, -0.15) is 0 Å². The highest BCUT2D eigenvalue weighted by Gasteiger charge is 2.20. The molecule has 2 heterocycles. The third kappa shape index (κ3) is 2.94. The summed E-state index contributed by atoms with van der Waals surface area (Å²) in [7, 11) is 1.67. The van der Waals surface area contributed by atoms with Crippen LogP contribution in [-0.2, 0) is 24.3 Å². The predicted octanol–water partition coefficient (Wildman–Crippen LogP) is 2.47. The predicted molar refractivity (Wildman–Crippen MR) is 81.2 cm³/mol. The summed E-state index contributed by atoms with van der Waals surface area (Å²) >= 11 is 0. The number of nitrogens with zero attached hydrogens (tertiary/aromatic N) is 2. The molecule has 4 heteroatoms. The Morgan fingerprint density at radius 3 is 2.90 bits per heavy atom. The number of hydrogen-bond donors (Lipinski definition) is 0. The Bertz CT molecular complexity index is 633. The first-order valence-corrected chi connectivity index (χ1v) is 7.31. The van der Waals surface area contributed by atoms with Gasteiger partial charge in [-0.05, 0) is 30.2 Å². The quantitative estimate of drug-likeness (QED) is 0.864. The molecule has 0 saturated carbocycles. The third-order valence-corrected chi connectivity index (χ3v) is 4.04. The lowest BCUT2D eigenvalue weighted by Gasteiger charge is -2.28. The lowest BCUT2D eigenvalue weighted by Crippen LogP contribution is -2.38. The Morgan fingerprint density at radius 1 is 1.19 bits per heavy atom. The van der Waals surface area contributed by atoms with Gasteiger partial charge in [-0.15, -0.1) is 0 Å². The number of para-hydroxylation sites is 1. The first kappa shape index (κ1) is 13.7. The summed E-state index contributed by atoms with van der Waals surface area (Å²) in [6.45, 7) is 2.41. The summed E-state index contributed by atoms with van der Waals surface area (Å²) in [6.07, 6.45) is 3.33. The number of carbonyl (C=O) groups is 1. The van der Waals surface area contributed by atoms with Gasteiger partial charge in [0.25, 0.3) is 0 Å². The molecule has 110 valence electrons. The molecule has 0 aliphatic carbocycles. The summed E-state index contributed by atoms with van der Waals surface area (Å²) in [5.41, 5.74) is 2.31. The molecule has 0 N–H and O–H groups in total. The Balaban J connectivity index is 1.60. The van der Waals surface area contributed by atoms with Crippen LogP contribution >= 0.6 is 0 Å². The maximum atomic E-state index is 12.4. The minimum atomic E-state index is 0.216. The van der Waals surface area contributed by atoms with Crippen molar-refractivity contribution in [3.63, 3.8) is 0 Å². The third-order valence-electron chi connectivity index (χ3n) is 4.04. The number of hydrogen-bond acceptors (Lipinski definition) is 2. The number of aryl methyl sites for hydroxylation is 1. The fourth-order valence-corrected chi connectivity index (χ4v) is 2.84. The zero-order chi connectivity index (χ0) is 14.7. The van der Waals surface area contributed by atoms with Gasteiger partial charge < -0.3 is 14.2 Å². The van der Waals surface area contributed by atoms with Crippen LogP contribution in [0.1, 0.15) is 17.7 Å². The van der Waals surface area contributed by atoms with E-state index in [1.54, 1.807) is 7.11 Å². The van der Waals surface area contributed by atoms with Crippen LogP contribution in [0.15, 0.2) is 42.6 Å². The Labute approximate surface area is 124 Å². The SMILES string of the molecule is COc1ccccc1CCC(=O)N1CCn2cccc2C1. The van der Waals surface area contributed by atoms with Gasteiger partial charge in [0, 0.05) is 31.4 Å². The Kier molecular flexibility index (Phi) is 3.95. The maximum Gasteiger partial charge on any atom is 0.223 e. The van der Waals surface area contributed by atoms with Crippen LogP contribution < -0.4 is 4.74 Å². The molecule has 0 fully saturated rings. The standard InChI is InChI=1S/C17H20N2O2/c1-21-16-7-3-2-5-14(16)8-9-17(20)19-12-11-18-10-4-6-15(18)13-19/h2-7,10H,8-9,11-13H2,1H3. The molecule has 2 aromatic rings. The van der Waals surface area contributed by atoms with E-state index in [1.807, 2.05) is 35.2 Å². The van der Waals surface area contributed by atoms with Crippen molar-refractivity contribution < 1.29 is 9.53 Å². The molecule has 4 nitrogen and oxygen atoms in total. The highest BCUT2D eigenvalue weighted by atomic mass is 16.5. The van der Waals surface area contributed by atoms with Crippen molar-refractivity contribution >= 4 is 5.91 Å². The molecule has 0 atom stereocenters. The first-order valence-electron chi connectivity index (χ1n) is 7.31. The van der Waals surface area contributed by atoms with Crippen molar-refractivity contribution in [3.05, 3.63) is 53.9 Å². The molecule has 1 aromatic heterocycles. The summed E-state index contributed by atoms with van der Waals surface area (Å²) in [6, 6.07) is 12.0. The van der Waals surface area contributed by atoms with Crippen LogP contribution in [0.4, 0.5) is 0 Å². The average Bonchev–Trinajstić information content (AvgIpc) is 3.00. The number of ether oxygens (including phenoxy) is 1. The lowest BCUT2D eigenvalue weighted by atomic mass is 10.1. The number of aromatic nitrogens is 1. The molecule has 1 aliphatic heterocycles. The number of benzene rings is 1. The number of fused-ring (bicyclic) bond motifs is 1. The molecule has 0 radical (unpaired) electrons. The van der Waals surface area contributed by atoms with Gasteiger partial charge in [0.15, 0.2) is 0 Å². The summed E-state index contributed by atoms with van der Waals surface area (Å²) in [4.78, 5) is 14.3. The lowest BCUT2D eigenvalue weighted by molar-refractivity contribution is -0.132. The van der Waals surface area contributed by atoms with Gasteiger partial charge >= 0.3 is 0 Å². The molecule has 1 amide bonds. The van der Waals surface area contributed by atoms with E-state index in [1.165, 1.54) is 5.69 Å². The molecular weight excluding hydrogens is 264 g/mol. The van der Waals surface area contributed by atoms with E-state index < -0.39 is 0 Å². The van der Waals surface area contributed by atoms with Crippen molar-refractivity contribution in [1.82, 2.24) is 9.47 Å². The first-order chi connectivity index (χ1) is 10.3. The van der Waals surface area contributed by atoms with Crippen molar-refractivity contribution in [2.75, 3.05) is 13.7 Å². The van der Waals surface area contributed by atoms with Crippen LogP contribution in [0.5, 0.6) is 5.75 Å². The molecule has 3 rings (SSSR count). The van der Waals surface area contributed by atoms with Crippen molar-refractivity contribution in [3.8, 4) is 5.75 Å². The topological polar surface area (TPSA) is 34.5 Å². The summed E-state index contributed by atoms with van der Waals surface area (Å²) in [5.74, 6) is 1.08. The second-order valence-electron chi connectivity index (χ2n) is 5.32. The normalized spacial score (nSPS) is 13.9. The monoisotopic (exact) mass is 284 g/mol. The second-order valence-corrected chi connectivity index (χ2v) is 5.32. The number of amides is 1. The molecular formula is C17H20N2O2. The van der Waals surface area contributed by atoms with Crippen LogP contribution in [-0.4, -0.2) is 29.0 Å². The molecule has 21 heavy (non-hydrogen) atoms. The van der Waals surface area contributed by atoms with E-state index >= 15 is 0 Å². The molecule has 0 bridgehead atoms. The Hall–Kier alpha value is -2.23. The van der Waals surface area contributed by atoms with Gasteiger partial charge in [0.05, 0.1) is 13.7 Å². The smallest absolute Gasteiger partial charge is 0.223 e. The van der Waals surface area contributed by atoms with E-state index in [0.717, 1.165) is 37.4 Å². The van der Waals surface area contributed by atoms with E-state index in [9.17, 15) is 4.79 Å². The highest BCUT2D eigenvalue weighted by Crippen LogP contribution is 2.20. The number of carbonyl (C=O) groups excluding carboxylic acids is 1. The van der Waals surface area contributed by atoms with Crippen molar-refractivity contribution in [2.24, 2.45) is 0 Å². The number of methoxy groups -OCH3 is 1. The van der Waals surface area contributed by atoms with E-state index in [2.05, 4.69) is 16.8 Å². The van der Waals surface area contributed by atoms with Gasteiger partial charge in [-0.25, -0.2) is 0 Å². The zero-order valence-corrected chi connectivity index (χ0v) is 12.3. The maximum absolute atomic E-state index is 12.4. The zero-order valence-electron chi connectivity index (χ0n) is 12.3. The number of rotatable bonds is 4. The largest absolute Gasteiger partial charge is 0.496 e. The average molecular weight is 284 g/mol. The van der Waals surface area contributed by atoms with Crippen LogP contribution in [0.25, 0.3) is 0 Å². The van der Waals surface area contributed by atoms with Crippen LogP contribution in [0, 0.1) is 0 Å².